The lowest BCUT2D eigenvalue weighted by Gasteiger charge is -2.30. The molecule has 0 fully saturated rings. The molecule has 0 bridgehead atoms. The predicted molar refractivity (Wildman–Crippen MR) is 57.2 cm³/mol. The number of carbonyl (C=O) groups is 1. The first-order valence-corrected chi connectivity index (χ1v) is 4.78. The summed E-state index contributed by atoms with van der Waals surface area (Å²) < 4.78 is 0. The average molecular weight is 208 g/mol. The number of nitrogens with two attached hydrogens (primary N) is 1. The number of nitrogens with zero attached hydrogens (tertiary/aromatic N) is 2. The summed E-state index contributed by atoms with van der Waals surface area (Å²) >= 11 is 0. The monoisotopic (exact) mass is 208 g/mol. The number of aromatic nitrogens is 2. The third-order valence-corrected chi connectivity index (χ3v) is 2.42. The Kier molecular flexibility index (Phi) is 3.36. The zero-order valence-corrected chi connectivity index (χ0v) is 9.19. The van der Waals surface area contributed by atoms with Gasteiger partial charge in [0.2, 0.25) is 0 Å². The van der Waals surface area contributed by atoms with Gasteiger partial charge in [-0.1, -0.05) is 0 Å². The zero-order valence-electron chi connectivity index (χ0n) is 9.19. The number of carbonyl (C=O) groups excluding carboxylic acids is 1. The second-order valence-electron chi connectivity index (χ2n) is 4.10. The minimum Gasteiger partial charge on any atom is -0.346 e. The average Bonchev–Trinajstić information content (AvgIpc) is 2.18. The highest BCUT2D eigenvalue weighted by Gasteiger charge is 2.25. The molecule has 0 radical (unpaired) electrons. The molecule has 1 amide bonds. The Bertz CT molecular complexity index is 335. The molecular formula is C10H16N4O. The topological polar surface area (TPSA) is 80.9 Å². The smallest absolute Gasteiger partial charge is 0.253 e. The van der Waals surface area contributed by atoms with E-state index in [2.05, 4.69) is 15.5 Å². The highest BCUT2D eigenvalue weighted by molar-refractivity contribution is 5.94. The fourth-order valence-electron chi connectivity index (χ4n) is 0.904. The molecule has 1 rings (SSSR count). The molecule has 15 heavy (non-hydrogen) atoms. The maximum atomic E-state index is 11.7. The Morgan fingerprint density at radius 3 is 2.67 bits per heavy atom. The summed E-state index contributed by atoms with van der Waals surface area (Å²) in [6, 6.07) is 1.48. The molecule has 0 aromatic carbocycles. The van der Waals surface area contributed by atoms with Crippen LogP contribution in [-0.2, 0) is 0 Å². The van der Waals surface area contributed by atoms with E-state index in [0.717, 1.165) is 0 Å². The number of hydrogen-bond donors (Lipinski definition) is 2. The van der Waals surface area contributed by atoms with Gasteiger partial charge in [0.1, 0.15) is 0 Å². The van der Waals surface area contributed by atoms with Crippen LogP contribution in [0.15, 0.2) is 18.5 Å². The molecule has 0 aliphatic carbocycles. The fraction of sp³-hybridized carbons (Fsp3) is 0.500. The standard InChI is InChI=1S/C10H16N4O/c1-7(11)10(2,3)14-9(15)8-4-5-12-13-6-8/h4-7H,11H2,1-3H3,(H,14,15). The van der Waals surface area contributed by atoms with Crippen LogP contribution in [0.1, 0.15) is 31.1 Å². The minimum atomic E-state index is -0.444. The molecule has 82 valence electrons. The molecule has 1 aromatic rings. The molecule has 0 spiro atoms. The van der Waals surface area contributed by atoms with Crippen LogP contribution in [0.5, 0.6) is 0 Å². The first kappa shape index (κ1) is 11.6. The van der Waals surface area contributed by atoms with E-state index >= 15 is 0 Å². The Morgan fingerprint density at radius 2 is 2.20 bits per heavy atom. The summed E-state index contributed by atoms with van der Waals surface area (Å²) in [4.78, 5) is 11.7. The van der Waals surface area contributed by atoms with Crippen molar-refractivity contribution in [1.29, 1.82) is 0 Å². The molecule has 1 heterocycles. The van der Waals surface area contributed by atoms with Gasteiger partial charge in [-0.2, -0.15) is 10.2 Å². The Morgan fingerprint density at radius 1 is 1.53 bits per heavy atom. The van der Waals surface area contributed by atoms with Crippen molar-refractivity contribution in [2.75, 3.05) is 0 Å². The number of hydrogen-bond acceptors (Lipinski definition) is 4. The highest BCUT2D eigenvalue weighted by atomic mass is 16.1. The van der Waals surface area contributed by atoms with E-state index in [4.69, 9.17) is 5.73 Å². The maximum Gasteiger partial charge on any atom is 0.253 e. The van der Waals surface area contributed by atoms with Gasteiger partial charge in [-0.25, -0.2) is 0 Å². The van der Waals surface area contributed by atoms with Gasteiger partial charge in [-0.05, 0) is 26.8 Å². The Hall–Kier alpha value is -1.49. The second-order valence-corrected chi connectivity index (χ2v) is 4.10. The van der Waals surface area contributed by atoms with E-state index in [9.17, 15) is 4.79 Å². The molecule has 1 unspecified atom stereocenters. The minimum absolute atomic E-state index is 0.128. The van der Waals surface area contributed by atoms with Gasteiger partial charge in [0.05, 0.1) is 18.0 Å². The van der Waals surface area contributed by atoms with Crippen molar-refractivity contribution in [2.45, 2.75) is 32.4 Å². The maximum absolute atomic E-state index is 11.7. The second kappa shape index (κ2) is 4.35. The van der Waals surface area contributed by atoms with Crippen LogP contribution in [0.25, 0.3) is 0 Å². The van der Waals surface area contributed by atoms with E-state index in [0.29, 0.717) is 5.56 Å². The van der Waals surface area contributed by atoms with Gasteiger partial charge in [-0.15, -0.1) is 0 Å². The number of amides is 1. The van der Waals surface area contributed by atoms with Gasteiger partial charge in [0, 0.05) is 11.6 Å². The lowest BCUT2D eigenvalue weighted by atomic mass is 9.96. The quantitative estimate of drug-likeness (QED) is 0.750. The molecule has 0 saturated heterocycles. The van der Waals surface area contributed by atoms with Crippen molar-refractivity contribution in [2.24, 2.45) is 5.73 Å². The molecule has 0 saturated carbocycles. The van der Waals surface area contributed by atoms with Crippen LogP contribution in [0.4, 0.5) is 0 Å². The lowest BCUT2D eigenvalue weighted by molar-refractivity contribution is 0.0903. The van der Waals surface area contributed by atoms with Gasteiger partial charge in [-0.3, -0.25) is 4.79 Å². The predicted octanol–water partition coefficient (Wildman–Crippen LogP) is 0.332. The lowest BCUT2D eigenvalue weighted by Crippen LogP contribution is -2.54. The number of rotatable bonds is 3. The van der Waals surface area contributed by atoms with Gasteiger partial charge in [0.15, 0.2) is 0 Å². The first-order valence-electron chi connectivity index (χ1n) is 4.78. The molecular weight excluding hydrogens is 192 g/mol. The normalized spacial score (nSPS) is 13.3. The van der Waals surface area contributed by atoms with Crippen molar-refractivity contribution < 1.29 is 4.79 Å². The summed E-state index contributed by atoms with van der Waals surface area (Å²) in [5, 5.41) is 10.1. The van der Waals surface area contributed by atoms with Gasteiger partial charge < -0.3 is 11.1 Å². The highest BCUT2D eigenvalue weighted by Crippen LogP contribution is 2.07. The number of nitrogens with one attached hydrogen (secondary N) is 1. The largest absolute Gasteiger partial charge is 0.346 e. The van der Waals surface area contributed by atoms with E-state index in [-0.39, 0.29) is 11.9 Å². The van der Waals surface area contributed by atoms with Crippen LogP contribution in [0.3, 0.4) is 0 Å². The van der Waals surface area contributed by atoms with Crippen LogP contribution in [0, 0.1) is 0 Å². The summed E-state index contributed by atoms with van der Waals surface area (Å²) in [6.45, 7) is 5.61. The van der Waals surface area contributed by atoms with E-state index in [1.807, 2.05) is 20.8 Å². The SMILES string of the molecule is CC(N)C(C)(C)NC(=O)c1ccnnc1. The Balaban J connectivity index is 2.73. The van der Waals surface area contributed by atoms with Crippen molar-refractivity contribution in [3.05, 3.63) is 24.0 Å². The summed E-state index contributed by atoms with van der Waals surface area (Å²) in [5.41, 5.74) is 5.79. The molecule has 5 heteroatoms. The van der Waals surface area contributed by atoms with Crippen molar-refractivity contribution >= 4 is 5.91 Å². The van der Waals surface area contributed by atoms with Crippen molar-refractivity contribution in [3.63, 3.8) is 0 Å². The van der Waals surface area contributed by atoms with E-state index in [1.165, 1.54) is 12.4 Å². The third kappa shape index (κ3) is 2.99. The molecule has 0 aliphatic rings. The van der Waals surface area contributed by atoms with Gasteiger partial charge in [0.25, 0.3) is 5.91 Å². The Labute approximate surface area is 89.1 Å². The van der Waals surface area contributed by atoms with Crippen LogP contribution >= 0.6 is 0 Å². The van der Waals surface area contributed by atoms with Crippen LogP contribution < -0.4 is 11.1 Å². The third-order valence-electron chi connectivity index (χ3n) is 2.42. The van der Waals surface area contributed by atoms with Gasteiger partial charge >= 0.3 is 0 Å². The molecule has 3 N–H and O–H groups in total. The summed E-state index contributed by atoms with van der Waals surface area (Å²) in [5.74, 6) is -0.188. The molecule has 1 atom stereocenters. The molecule has 0 aliphatic heterocycles. The molecule has 1 aromatic heterocycles. The summed E-state index contributed by atoms with van der Waals surface area (Å²) in [6.07, 6.45) is 2.90. The van der Waals surface area contributed by atoms with E-state index < -0.39 is 5.54 Å². The summed E-state index contributed by atoms with van der Waals surface area (Å²) in [7, 11) is 0. The zero-order chi connectivity index (χ0) is 11.5. The van der Waals surface area contributed by atoms with Crippen LogP contribution in [0.2, 0.25) is 0 Å². The van der Waals surface area contributed by atoms with Crippen molar-refractivity contribution in [3.8, 4) is 0 Å². The first-order chi connectivity index (χ1) is 6.93. The van der Waals surface area contributed by atoms with Crippen molar-refractivity contribution in [1.82, 2.24) is 15.5 Å². The van der Waals surface area contributed by atoms with Crippen LogP contribution in [-0.4, -0.2) is 27.7 Å². The van der Waals surface area contributed by atoms with E-state index in [1.54, 1.807) is 6.07 Å². The fourth-order valence-corrected chi connectivity index (χ4v) is 0.904. The molecule has 5 nitrogen and oxygen atoms in total.